The Bertz CT molecular complexity index is 488. The molecule has 1 heterocycles. The highest BCUT2D eigenvalue weighted by Gasteiger charge is 2.00. The molecular weight excluding hydrogens is 236 g/mol. The van der Waals surface area contributed by atoms with Crippen molar-refractivity contribution < 1.29 is 14.3 Å². The van der Waals surface area contributed by atoms with Crippen LogP contribution in [0.1, 0.15) is 14.5 Å². The number of carbonyl (C=O) groups is 1. The third-order valence-electron chi connectivity index (χ3n) is 2.24. The summed E-state index contributed by atoms with van der Waals surface area (Å²) in [5.41, 5.74) is 0. The zero-order chi connectivity index (χ0) is 12.1. The minimum Gasteiger partial charge on any atom is -0.497 e. The van der Waals surface area contributed by atoms with Gasteiger partial charge in [-0.1, -0.05) is 0 Å². The van der Waals surface area contributed by atoms with Crippen LogP contribution in [0.25, 0.3) is 0 Å². The van der Waals surface area contributed by atoms with Crippen LogP contribution >= 0.6 is 11.3 Å². The molecule has 0 spiro atoms. The van der Waals surface area contributed by atoms with Crippen molar-refractivity contribution in [1.82, 2.24) is 0 Å². The van der Waals surface area contributed by atoms with E-state index < -0.39 is 0 Å². The van der Waals surface area contributed by atoms with E-state index in [-0.39, 0.29) is 0 Å². The average Bonchev–Trinajstić information content (AvgIpc) is 2.85. The number of rotatable bonds is 5. The normalized spacial score (nSPS) is 9.94. The van der Waals surface area contributed by atoms with Gasteiger partial charge in [0.25, 0.3) is 0 Å². The lowest BCUT2D eigenvalue weighted by molar-refractivity contribution is 0.112. The number of thiophene rings is 1. The van der Waals surface area contributed by atoms with Crippen molar-refractivity contribution in [2.75, 3.05) is 7.11 Å². The van der Waals surface area contributed by atoms with E-state index >= 15 is 0 Å². The maximum Gasteiger partial charge on any atom is 0.160 e. The summed E-state index contributed by atoms with van der Waals surface area (Å²) < 4.78 is 10.6. The number of benzene rings is 1. The molecule has 0 atom stereocenters. The van der Waals surface area contributed by atoms with Crippen LogP contribution in [0.15, 0.2) is 36.4 Å². The second-order valence-electron chi connectivity index (χ2n) is 3.39. The molecule has 0 unspecified atom stereocenters. The van der Waals surface area contributed by atoms with E-state index in [9.17, 15) is 4.79 Å². The first-order chi connectivity index (χ1) is 8.31. The van der Waals surface area contributed by atoms with Gasteiger partial charge >= 0.3 is 0 Å². The highest BCUT2D eigenvalue weighted by molar-refractivity contribution is 7.13. The average molecular weight is 248 g/mol. The third kappa shape index (κ3) is 3.07. The zero-order valence-corrected chi connectivity index (χ0v) is 10.2. The molecule has 1 aromatic heterocycles. The van der Waals surface area contributed by atoms with Crippen LogP contribution in [0.5, 0.6) is 11.5 Å². The van der Waals surface area contributed by atoms with Gasteiger partial charge in [0, 0.05) is 4.88 Å². The van der Waals surface area contributed by atoms with E-state index in [0.717, 1.165) is 27.5 Å². The zero-order valence-electron chi connectivity index (χ0n) is 9.38. The highest BCUT2D eigenvalue weighted by atomic mass is 32.1. The number of hydrogen-bond donors (Lipinski definition) is 0. The Morgan fingerprint density at radius 3 is 2.41 bits per heavy atom. The summed E-state index contributed by atoms with van der Waals surface area (Å²) in [5.74, 6) is 1.59. The van der Waals surface area contributed by atoms with Gasteiger partial charge in [0.05, 0.1) is 12.0 Å². The Labute approximate surface area is 104 Å². The monoisotopic (exact) mass is 248 g/mol. The van der Waals surface area contributed by atoms with Gasteiger partial charge in [-0.15, -0.1) is 11.3 Å². The lowest BCUT2D eigenvalue weighted by atomic mass is 10.3. The smallest absolute Gasteiger partial charge is 0.160 e. The Balaban J connectivity index is 1.94. The van der Waals surface area contributed by atoms with Crippen LogP contribution in [0.3, 0.4) is 0 Å². The molecule has 2 aromatic rings. The summed E-state index contributed by atoms with van der Waals surface area (Å²) in [4.78, 5) is 12.3. The van der Waals surface area contributed by atoms with Crippen molar-refractivity contribution >= 4 is 17.6 Å². The van der Waals surface area contributed by atoms with Gasteiger partial charge in [-0.25, -0.2) is 0 Å². The number of methoxy groups -OCH3 is 1. The van der Waals surface area contributed by atoms with E-state index in [1.165, 1.54) is 11.3 Å². The van der Waals surface area contributed by atoms with E-state index in [0.29, 0.717) is 6.61 Å². The van der Waals surface area contributed by atoms with Crippen molar-refractivity contribution in [3.63, 3.8) is 0 Å². The summed E-state index contributed by atoms with van der Waals surface area (Å²) >= 11 is 1.44. The maximum absolute atomic E-state index is 10.5. The molecular formula is C13H12O3S. The predicted molar refractivity (Wildman–Crippen MR) is 67.0 cm³/mol. The standard InChI is InChI=1S/C13H12O3S/c1-15-10-2-4-11(5-3-10)16-9-13-7-6-12(8-14)17-13/h2-8H,9H2,1H3. The third-order valence-corrected chi connectivity index (χ3v) is 3.22. The van der Waals surface area contributed by atoms with Gasteiger partial charge in [0.2, 0.25) is 0 Å². The molecule has 0 N–H and O–H groups in total. The van der Waals surface area contributed by atoms with Crippen molar-refractivity contribution in [3.05, 3.63) is 46.2 Å². The SMILES string of the molecule is COc1ccc(OCc2ccc(C=O)s2)cc1. The first-order valence-electron chi connectivity index (χ1n) is 5.12. The molecule has 17 heavy (non-hydrogen) atoms. The van der Waals surface area contributed by atoms with Gasteiger partial charge in [0.15, 0.2) is 6.29 Å². The minimum absolute atomic E-state index is 0.477. The van der Waals surface area contributed by atoms with Gasteiger partial charge in [0.1, 0.15) is 18.1 Å². The van der Waals surface area contributed by atoms with Crippen molar-refractivity contribution in [1.29, 1.82) is 0 Å². The molecule has 0 aliphatic heterocycles. The number of ether oxygens (including phenoxy) is 2. The predicted octanol–water partition coefficient (Wildman–Crippen LogP) is 3.15. The molecule has 3 nitrogen and oxygen atoms in total. The fourth-order valence-corrected chi connectivity index (χ4v) is 2.10. The molecule has 2 rings (SSSR count). The van der Waals surface area contributed by atoms with Crippen LogP contribution < -0.4 is 9.47 Å². The second kappa shape index (κ2) is 5.50. The Morgan fingerprint density at radius 1 is 1.12 bits per heavy atom. The second-order valence-corrected chi connectivity index (χ2v) is 4.59. The Morgan fingerprint density at radius 2 is 1.82 bits per heavy atom. The number of aldehydes is 1. The number of carbonyl (C=O) groups excluding carboxylic acids is 1. The van der Waals surface area contributed by atoms with Crippen molar-refractivity contribution in [2.24, 2.45) is 0 Å². The molecule has 0 bridgehead atoms. The summed E-state index contributed by atoms with van der Waals surface area (Å²) in [5, 5.41) is 0. The first kappa shape index (κ1) is 11.7. The molecule has 4 heteroatoms. The first-order valence-corrected chi connectivity index (χ1v) is 5.94. The lowest BCUT2D eigenvalue weighted by Crippen LogP contribution is -1.92. The Kier molecular flexibility index (Phi) is 3.77. The topological polar surface area (TPSA) is 35.5 Å². The van der Waals surface area contributed by atoms with E-state index in [1.807, 2.05) is 30.3 Å². The molecule has 0 fully saturated rings. The summed E-state index contributed by atoms with van der Waals surface area (Å²) in [6, 6.07) is 11.1. The van der Waals surface area contributed by atoms with Crippen LogP contribution in [0.2, 0.25) is 0 Å². The lowest BCUT2D eigenvalue weighted by Gasteiger charge is -2.05. The quantitative estimate of drug-likeness (QED) is 0.762. The summed E-state index contributed by atoms with van der Waals surface area (Å²) in [7, 11) is 1.63. The van der Waals surface area contributed by atoms with Crippen LogP contribution in [-0.2, 0) is 6.61 Å². The number of hydrogen-bond acceptors (Lipinski definition) is 4. The maximum atomic E-state index is 10.5. The van der Waals surface area contributed by atoms with Gasteiger partial charge in [-0.3, -0.25) is 4.79 Å². The molecule has 0 aliphatic carbocycles. The highest BCUT2D eigenvalue weighted by Crippen LogP contribution is 2.20. The fraction of sp³-hybridized carbons (Fsp3) is 0.154. The van der Waals surface area contributed by atoms with Crippen LogP contribution in [0.4, 0.5) is 0 Å². The van der Waals surface area contributed by atoms with Gasteiger partial charge < -0.3 is 9.47 Å². The summed E-state index contributed by atoms with van der Waals surface area (Å²) in [6.07, 6.45) is 0.849. The van der Waals surface area contributed by atoms with Crippen LogP contribution in [0, 0.1) is 0 Å². The van der Waals surface area contributed by atoms with E-state index in [1.54, 1.807) is 13.2 Å². The van der Waals surface area contributed by atoms with E-state index in [4.69, 9.17) is 9.47 Å². The molecule has 1 aromatic carbocycles. The molecule has 0 saturated carbocycles. The summed E-state index contributed by atoms with van der Waals surface area (Å²) in [6.45, 7) is 0.477. The minimum atomic E-state index is 0.477. The van der Waals surface area contributed by atoms with Crippen molar-refractivity contribution in [2.45, 2.75) is 6.61 Å². The van der Waals surface area contributed by atoms with Gasteiger partial charge in [-0.2, -0.15) is 0 Å². The molecule has 88 valence electrons. The fourth-order valence-electron chi connectivity index (χ4n) is 1.36. The van der Waals surface area contributed by atoms with Crippen LogP contribution in [-0.4, -0.2) is 13.4 Å². The molecule has 0 aliphatic rings. The largest absolute Gasteiger partial charge is 0.497 e. The van der Waals surface area contributed by atoms with E-state index in [2.05, 4.69) is 0 Å². The molecule has 0 radical (unpaired) electrons. The molecule has 0 amide bonds. The van der Waals surface area contributed by atoms with Gasteiger partial charge in [-0.05, 0) is 36.4 Å². The Hall–Kier alpha value is -1.81. The molecule has 0 saturated heterocycles. The van der Waals surface area contributed by atoms with Crippen molar-refractivity contribution in [3.8, 4) is 11.5 Å².